The Hall–Kier alpha value is -1.52. The van der Waals surface area contributed by atoms with Gasteiger partial charge in [0.25, 0.3) is 0 Å². The third-order valence-electron chi connectivity index (χ3n) is 12.4. The number of ether oxygens (including phenoxy) is 3. The molecule has 0 aromatic carbocycles. The van der Waals surface area contributed by atoms with Gasteiger partial charge in [-0.1, -0.05) is 271 Å². The summed E-state index contributed by atoms with van der Waals surface area (Å²) in [6, 6.07) is 0. The summed E-state index contributed by atoms with van der Waals surface area (Å²) in [5.41, 5.74) is 0. The van der Waals surface area contributed by atoms with E-state index in [1.807, 2.05) is 0 Å². The van der Waals surface area contributed by atoms with Crippen LogP contribution in [-0.2, 0) is 23.8 Å². The van der Waals surface area contributed by atoms with E-state index in [1.54, 1.807) is 6.26 Å². The monoisotopic (exact) mass is 847 g/mol. The van der Waals surface area contributed by atoms with Crippen LogP contribution >= 0.6 is 0 Å². The smallest absolute Gasteiger partial charge is 0.306 e. The third kappa shape index (κ3) is 49.1. The maximum absolute atomic E-state index is 12.8. The molecule has 0 fully saturated rings. The zero-order chi connectivity index (χ0) is 43.5. The van der Waals surface area contributed by atoms with Gasteiger partial charge in [0.1, 0.15) is 13.2 Å². The molecule has 1 atom stereocenters. The summed E-state index contributed by atoms with van der Waals surface area (Å²) in [7, 11) is 0. The maximum atomic E-state index is 12.8. The Morgan fingerprint density at radius 2 is 0.633 bits per heavy atom. The van der Waals surface area contributed by atoms with Crippen LogP contribution in [0.25, 0.3) is 0 Å². The Balaban J connectivity index is 4.24. The fourth-order valence-electron chi connectivity index (χ4n) is 8.30. The van der Waals surface area contributed by atoms with Crippen molar-refractivity contribution < 1.29 is 23.8 Å². The van der Waals surface area contributed by atoms with Crippen molar-refractivity contribution in [1.82, 2.24) is 0 Å². The number of unbranched alkanes of at least 4 members (excludes halogenated alkanes) is 40. The number of carbonyl (C=O) groups is 2. The molecule has 0 saturated heterocycles. The first-order valence-electron chi connectivity index (χ1n) is 27.3. The van der Waals surface area contributed by atoms with E-state index in [1.165, 1.54) is 244 Å². The molecule has 0 amide bonds. The zero-order valence-electron chi connectivity index (χ0n) is 41.0. The number of hydrogen-bond donors (Lipinski definition) is 0. The summed E-state index contributed by atoms with van der Waals surface area (Å²) in [6.45, 7) is 7.12. The van der Waals surface area contributed by atoms with Crippen LogP contribution in [0.15, 0.2) is 12.3 Å². The lowest BCUT2D eigenvalue weighted by atomic mass is 10.0. The Labute approximate surface area is 375 Å². The van der Waals surface area contributed by atoms with Crippen LogP contribution in [0.5, 0.6) is 0 Å². The van der Waals surface area contributed by atoms with Crippen LogP contribution in [0.4, 0.5) is 0 Å². The van der Waals surface area contributed by atoms with Gasteiger partial charge in [-0.2, -0.15) is 0 Å². The van der Waals surface area contributed by atoms with Crippen molar-refractivity contribution >= 4 is 11.9 Å². The van der Waals surface area contributed by atoms with Crippen LogP contribution < -0.4 is 0 Å². The molecule has 60 heavy (non-hydrogen) atoms. The SMILES string of the molecule is CCCCCCCCCCCCCCC=COCC(COC(=O)CCCCCCCCCCCCCCCCC)OC(=O)CCCCCCCCCCCCCCCCC. The summed E-state index contributed by atoms with van der Waals surface area (Å²) in [4.78, 5) is 25.4. The third-order valence-corrected chi connectivity index (χ3v) is 12.4. The molecule has 0 aliphatic heterocycles. The minimum atomic E-state index is -0.574. The topological polar surface area (TPSA) is 61.8 Å². The van der Waals surface area contributed by atoms with Gasteiger partial charge in [-0.15, -0.1) is 0 Å². The van der Waals surface area contributed by atoms with Crippen molar-refractivity contribution in [3.63, 3.8) is 0 Å². The Kier molecular flexibility index (Phi) is 50.5. The summed E-state index contributed by atoms with van der Waals surface area (Å²) in [6.07, 6.45) is 60.3. The van der Waals surface area contributed by atoms with E-state index in [-0.39, 0.29) is 25.2 Å². The van der Waals surface area contributed by atoms with Crippen LogP contribution in [0.3, 0.4) is 0 Å². The lowest BCUT2D eigenvalue weighted by molar-refractivity contribution is -0.161. The van der Waals surface area contributed by atoms with E-state index >= 15 is 0 Å². The first-order valence-corrected chi connectivity index (χ1v) is 27.3. The molecule has 0 aromatic rings. The van der Waals surface area contributed by atoms with E-state index in [9.17, 15) is 9.59 Å². The summed E-state index contributed by atoms with van der Waals surface area (Å²) in [5.74, 6) is -0.409. The fourth-order valence-corrected chi connectivity index (χ4v) is 8.30. The second-order valence-electron chi connectivity index (χ2n) is 18.6. The predicted molar refractivity (Wildman–Crippen MR) is 261 cm³/mol. The Morgan fingerprint density at radius 3 is 0.967 bits per heavy atom. The molecular formula is C55H106O5. The molecular weight excluding hydrogens is 741 g/mol. The first-order chi connectivity index (χ1) is 29.6. The van der Waals surface area contributed by atoms with E-state index in [4.69, 9.17) is 14.2 Å². The van der Waals surface area contributed by atoms with Crippen molar-refractivity contribution in [2.45, 2.75) is 316 Å². The Morgan fingerprint density at radius 1 is 0.350 bits per heavy atom. The predicted octanol–water partition coefficient (Wildman–Crippen LogP) is 18.6. The van der Waals surface area contributed by atoms with Crippen molar-refractivity contribution in [3.8, 4) is 0 Å². The van der Waals surface area contributed by atoms with Crippen LogP contribution in [0.1, 0.15) is 310 Å². The van der Waals surface area contributed by atoms with Crippen molar-refractivity contribution in [2.75, 3.05) is 13.2 Å². The maximum Gasteiger partial charge on any atom is 0.306 e. The minimum absolute atomic E-state index is 0.0642. The molecule has 0 saturated carbocycles. The van der Waals surface area contributed by atoms with Gasteiger partial charge in [-0.3, -0.25) is 9.59 Å². The molecule has 5 heteroatoms. The van der Waals surface area contributed by atoms with Gasteiger partial charge in [0.05, 0.1) is 6.26 Å². The second kappa shape index (κ2) is 51.8. The van der Waals surface area contributed by atoms with Gasteiger partial charge in [0, 0.05) is 12.8 Å². The molecule has 0 aliphatic carbocycles. The van der Waals surface area contributed by atoms with E-state index in [0.29, 0.717) is 12.8 Å². The number of carbonyl (C=O) groups excluding carboxylic acids is 2. The lowest BCUT2D eigenvalue weighted by Gasteiger charge is -2.18. The molecule has 0 radical (unpaired) electrons. The average molecular weight is 847 g/mol. The highest BCUT2D eigenvalue weighted by molar-refractivity contribution is 5.70. The Bertz CT molecular complexity index is 871. The number of hydrogen-bond acceptors (Lipinski definition) is 5. The highest BCUT2D eigenvalue weighted by atomic mass is 16.6. The molecule has 0 spiro atoms. The molecule has 0 rings (SSSR count). The number of allylic oxidation sites excluding steroid dienone is 1. The fraction of sp³-hybridized carbons (Fsp3) is 0.927. The molecule has 0 aliphatic rings. The minimum Gasteiger partial charge on any atom is -0.498 e. The zero-order valence-corrected chi connectivity index (χ0v) is 41.0. The van der Waals surface area contributed by atoms with Crippen molar-refractivity contribution in [2.24, 2.45) is 0 Å². The summed E-state index contributed by atoms with van der Waals surface area (Å²) in [5, 5.41) is 0. The van der Waals surface area contributed by atoms with E-state index in [0.717, 1.165) is 32.1 Å². The van der Waals surface area contributed by atoms with Gasteiger partial charge >= 0.3 is 11.9 Å². The largest absolute Gasteiger partial charge is 0.498 e. The normalized spacial score (nSPS) is 12.1. The van der Waals surface area contributed by atoms with Gasteiger partial charge in [-0.25, -0.2) is 0 Å². The summed E-state index contributed by atoms with van der Waals surface area (Å²) >= 11 is 0. The van der Waals surface area contributed by atoms with Gasteiger partial charge < -0.3 is 14.2 Å². The van der Waals surface area contributed by atoms with Crippen LogP contribution in [-0.4, -0.2) is 31.3 Å². The summed E-state index contributed by atoms with van der Waals surface area (Å²) < 4.78 is 17.2. The molecule has 0 N–H and O–H groups in total. The standard InChI is InChI=1S/C55H106O5/c1-4-7-10-13-16-19-22-25-28-30-33-36-39-42-45-48-54(56)59-52-53(51-58-50-47-44-41-38-35-32-27-24-21-18-15-12-9-6-3)60-55(57)49-46-43-40-37-34-31-29-26-23-20-17-14-11-8-5-2/h47,50,53H,4-46,48-49,51-52H2,1-3H3. The average Bonchev–Trinajstić information content (AvgIpc) is 3.25. The van der Waals surface area contributed by atoms with Crippen molar-refractivity contribution in [3.05, 3.63) is 12.3 Å². The lowest BCUT2D eigenvalue weighted by Crippen LogP contribution is -2.29. The molecule has 0 aromatic heterocycles. The molecule has 1 unspecified atom stereocenters. The van der Waals surface area contributed by atoms with Gasteiger partial charge in [-0.05, 0) is 31.8 Å². The van der Waals surface area contributed by atoms with E-state index in [2.05, 4.69) is 26.8 Å². The van der Waals surface area contributed by atoms with Crippen LogP contribution in [0.2, 0.25) is 0 Å². The number of rotatable bonds is 51. The van der Waals surface area contributed by atoms with Gasteiger partial charge in [0.15, 0.2) is 6.10 Å². The second-order valence-corrected chi connectivity index (χ2v) is 18.6. The van der Waals surface area contributed by atoms with Crippen molar-refractivity contribution in [1.29, 1.82) is 0 Å². The van der Waals surface area contributed by atoms with Gasteiger partial charge in [0.2, 0.25) is 0 Å². The molecule has 0 bridgehead atoms. The molecule has 356 valence electrons. The highest BCUT2D eigenvalue weighted by Crippen LogP contribution is 2.17. The molecule has 0 heterocycles. The van der Waals surface area contributed by atoms with Crippen LogP contribution in [0, 0.1) is 0 Å². The first kappa shape index (κ1) is 58.5. The quantitative estimate of drug-likeness (QED) is 0.0347. The van der Waals surface area contributed by atoms with E-state index < -0.39 is 6.10 Å². The number of esters is 2. The molecule has 5 nitrogen and oxygen atoms in total. The highest BCUT2D eigenvalue weighted by Gasteiger charge is 2.17.